The lowest BCUT2D eigenvalue weighted by Gasteiger charge is -2.31. The number of para-hydroxylation sites is 2. The van der Waals surface area contributed by atoms with E-state index in [0.717, 1.165) is 53.4 Å². The molecule has 7 heteroatoms. The maximum absolute atomic E-state index is 12.2. The third-order valence-corrected chi connectivity index (χ3v) is 6.54. The SMILES string of the molecule is CC(C)N1CCc2nc(SCCCn3c(=O)[nH]c4ccccc43)c(C#N)cc2C1. The Balaban J connectivity index is 1.43. The molecular weight excluding hydrogens is 382 g/mol. The Kier molecular flexibility index (Phi) is 5.74. The van der Waals surface area contributed by atoms with Crippen LogP contribution < -0.4 is 5.69 Å². The molecule has 0 radical (unpaired) electrons. The number of H-pyrrole nitrogens is 1. The Morgan fingerprint density at radius 3 is 2.97 bits per heavy atom. The lowest BCUT2D eigenvalue weighted by atomic mass is 10.0. The summed E-state index contributed by atoms with van der Waals surface area (Å²) in [5, 5.41) is 10.4. The molecule has 0 bridgehead atoms. The Bertz CT molecular complexity index is 1120. The maximum Gasteiger partial charge on any atom is 0.326 e. The average Bonchev–Trinajstić information content (AvgIpc) is 3.05. The number of fused-ring (bicyclic) bond motifs is 2. The van der Waals surface area contributed by atoms with Crippen molar-refractivity contribution in [1.29, 1.82) is 5.26 Å². The summed E-state index contributed by atoms with van der Waals surface area (Å²) in [6, 6.07) is 12.6. The molecule has 3 aromatic rings. The number of nitrogens with one attached hydrogen (secondary N) is 1. The van der Waals surface area contributed by atoms with E-state index < -0.39 is 0 Å². The number of nitrogens with zero attached hydrogens (tertiary/aromatic N) is 4. The van der Waals surface area contributed by atoms with Crippen LogP contribution in [-0.2, 0) is 19.5 Å². The van der Waals surface area contributed by atoms with Gasteiger partial charge in [-0.15, -0.1) is 11.8 Å². The van der Waals surface area contributed by atoms with Gasteiger partial charge in [0.15, 0.2) is 0 Å². The molecule has 1 aliphatic rings. The zero-order valence-corrected chi connectivity index (χ0v) is 17.6. The van der Waals surface area contributed by atoms with Gasteiger partial charge in [0.05, 0.1) is 16.6 Å². The molecule has 1 N–H and O–H groups in total. The van der Waals surface area contributed by atoms with Crippen molar-refractivity contribution in [3.8, 4) is 6.07 Å². The molecule has 3 heterocycles. The van der Waals surface area contributed by atoms with Gasteiger partial charge in [0.2, 0.25) is 0 Å². The number of pyridine rings is 1. The molecule has 2 aromatic heterocycles. The normalized spacial score (nSPS) is 14.3. The highest BCUT2D eigenvalue weighted by Crippen LogP contribution is 2.27. The summed E-state index contributed by atoms with van der Waals surface area (Å²) in [4.78, 5) is 22.3. The van der Waals surface area contributed by atoms with Crippen LogP contribution in [0.25, 0.3) is 11.0 Å². The van der Waals surface area contributed by atoms with Crippen molar-refractivity contribution < 1.29 is 0 Å². The Morgan fingerprint density at radius 2 is 2.17 bits per heavy atom. The first-order valence-electron chi connectivity index (χ1n) is 10.0. The fourth-order valence-electron chi connectivity index (χ4n) is 3.83. The second kappa shape index (κ2) is 8.44. The summed E-state index contributed by atoms with van der Waals surface area (Å²) in [5.74, 6) is 0.810. The molecule has 0 amide bonds. The molecule has 29 heavy (non-hydrogen) atoms. The van der Waals surface area contributed by atoms with Crippen molar-refractivity contribution in [2.24, 2.45) is 0 Å². The van der Waals surface area contributed by atoms with Crippen LogP contribution in [-0.4, -0.2) is 37.8 Å². The van der Waals surface area contributed by atoms with E-state index in [1.807, 2.05) is 30.3 Å². The van der Waals surface area contributed by atoms with Crippen molar-refractivity contribution in [1.82, 2.24) is 19.4 Å². The number of nitriles is 1. The molecule has 0 atom stereocenters. The Morgan fingerprint density at radius 1 is 1.34 bits per heavy atom. The van der Waals surface area contributed by atoms with Gasteiger partial charge in [0, 0.05) is 43.5 Å². The highest BCUT2D eigenvalue weighted by molar-refractivity contribution is 7.99. The molecular formula is C22H25N5OS. The Hall–Kier alpha value is -2.56. The molecule has 0 fully saturated rings. The largest absolute Gasteiger partial charge is 0.326 e. The van der Waals surface area contributed by atoms with E-state index >= 15 is 0 Å². The standard InChI is InChI=1S/C22H25N5OS/c1-15(2)26-10-8-18-17(14-26)12-16(13-23)21(24-18)29-11-5-9-27-20-7-4-3-6-19(20)25-22(27)28/h3-4,6-7,12,15H,5,8-11,14H2,1-2H3,(H,25,28). The molecule has 4 rings (SSSR count). The molecule has 6 nitrogen and oxygen atoms in total. The van der Waals surface area contributed by atoms with Crippen LogP contribution >= 0.6 is 11.8 Å². The lowest BCUT2D eigenvalue weighted by molar-refractivity contribution is 0.201. The van der Waals surface area contributed by atoms with Crippen LogP contribution in [0.15, 0.2) is 40.2 Å². The maximum atomic E-state index is 12.2. The van der Waals surface area contributed by atoms with E-state index in [0.29, 0.717) is 18.2 Å². The first-order chi connectivity index (χ1) is 14.1. The first-order valence-corrected chi connectivity index (χ1v) is 11.0. The van der Waals surface area contributed by atoms with Crippen molar-refractivity contribution in [3.05, 3.63) is 57.6 Å². The van der Waals surface area contributed by atoms with E-state index in [4.69, 9.17) is 4.98 Å². The van der Waals surface area contributed by atoms with Gasteiger partial charge >= 0.3 is 5.69 Å². The third-order valence-electron chi connectivity index (χ3n) is 5.46. The molecule has 0 aliphatic carbocycles. The predicted molar refractivity (Wildman–Crippen MR) is 116 cm³/mol. The van der Waals surface area contributed by atoms with Gasteiger partial charge in [0.25, 0.3) is 0 Å². The smallest absolute Gasteiger partial charge is 0.306 e. The second-order valence-electron chi connectivity index (χ2n) is 7.67. The molecule has 0 spiro atoms. The van der Waals surface area contributed by atoms with Gasteiger partial charge in [-0.25, -0.2) is 9.78 Å². The zero-order valence-electron chi connectivity index (χ0n) is 16.8. The monoisotopic (exact) mass is 407 g/mol. The summed E-state index contributed by atoms with van der Waals surface area (Å²) >= 11 is 1.61. The van der Waals surface area contributed by atoms with Crippen molar-refractivity contribution in [2.45, 2.75) is 50.8 Å². The fourth-order valence-corrected chi connectivity index (χ4v) is 4.73. The van der Waals surface area contributed by atoms with Crippen LogP contribution in [0, 0.1) is 11.3 Å². The number of thioether (sulfide) groups is 1. The molecule has 1 aromatic carbocycles. The summed E-state index contributed by atoms with van der Waals surface area (Å²) in [5.41, 5.74) is 4.68. The number of imidazole rings is 1. The first kappa shape index (κ1) is 19.7. The lowest BCUT2D eigenvalue weighted by Crippen LogP contribution is -2.36. The Labute approximate surface area is 174 Å². The quantitative estimate of drug-likeness (QED) is 0.499. The number of rotatable bonds is 6. The van der Waals surface area contributed by atoms with E-state index in [1.165, 1.54) is 5.56 Å². The summed E-state index contributed by atoms with van der Waals surface area (Å²) in [6.45, 7) is 6.92. The van der Waals surface area contributed by atoms with Crippen molar-refractivity contribution >= 4 is 22.8 Å². The van der Waals surface area contributed by atoms with E-state index in [2.05, 4.69) is 29.8 Å². The van der Waals surface area contributed by atoms with Gasteiger partial charge < -0.3 is 4.98 Å². The molecule has 1 aliphatic heterocycles. The minimum absolute atomic E-state index is 0.0736. The van der Waals surface area contributed by atoms with Gasteiger partial charge in [-0.1, -0.05) is 12.1 Å². The topological polar surface area (TPSA) is 77.7 Å². The number of hydrogen-bond acceptors (Lipinski definition) is 5. The minimum Gasteiger partial charge on any atom is -0.306 e. The summed E-state index contributed by atoms with van der Waals surface area (Å²) in [6.07, 6.45) is 1.76. The number of benzene rings is 1. The van der Waals surface area contributed by atoms with Crippen molar-refractivity contribution in [2.75, 3.05) is 12.3 Å². The summed E-state index contributed by atoms with van der Waals surface area (Å²) < 4.78 is 1.78. The van der Waals surface area contributed by atoms with Crippen molar-refractivity contribution in [3.63, 3.8) is 0 Å². The van der Waals surface area contributed by atoms with E-state index in [-0.39, 0.29) is 5.69 Å². The summed E-state index contributed by atoms with van der Waals surface area (Å²) in [7, 11) is 0. The van der Waals surface area contributed by atoms with Gasteiger partial charge in [-0.3, -0.25) is 9.47 Å². The number of aromatic amines is 1. The minimum atomic E-state index is -0.0736. The highest BCUT2D eigenvalue weighted by Gasteiger charge is 2.21. The molecule has 0 saturated heterocycles. The second-order valence-corrected chi connectivity index (χ2v) is 8.76. The van der Waals surface area contributed by atoms with Gasteiger partial charge in [-0.05, 0) is 44.0 Å². The van der Waals surface area contributed by atoms with Crippen LogP contribution in [0.2, 0.25) is 0 Å². The number of hydrogen-bond donors (Lipinski definition) is 1. The van der Waals surface area contributed by atoms with Crippen LogP contribution in [0.4, 0.5) is 0 Å². The molecule has 0 unspecified atom stereocenters. The van der Waals surface area contributed by atoms with Crippen LogP contribution in [0.3, 0.4) is 0 Å². The van der Waals surface area contributed by atoms with Crippen LogP contribution in [0.1, 0.15) is 37.1 Å². The highest BCUT2D eigenvalue weighted by atomic mass is 32.2. The average molecular weight is 408 g/mol. The van der Waals surface area contributed by atoms with E-state index in [9.17, 15) is 10.1 Å². The predicted octanol–water partition coefficient (Wildman–Crippen LogP) is 3.55. The number of aromatic nitrogens is 3. The molecule has 0 saturated carbocycles. The zero-order chi connectivity index (χ0) is 20.4. The molecule has 150 valence electrons. The third kappa shape index (κ3) is 4.09. The van der Waals surface area contributed by atoms with Crippen LogP contribution in [0.5, 0.6) is 0 Å². The number of aryl methyl sites for hydroxylation is 1. The fraction of sp³-hybridized carbons (Fsp3) is 0.409. The van der Waals surface area contributed by atoms with Gasteiger partial charge in [0.1, 0.15) is 11.1 Å². The van der Waals surface area contributed by atoms with Gasteiger partial charge in [-0.2, -0.15) is 5.26 Å². The van der Waals surface area contributed by atoms with E-state index in [1.54, 1.807) is 16.3 Å².